The summed E-state index contributed by atoms with van der Waals surface area (Å²) >= 11 is 1.83. The first-order chi connectivity index (χ1) is 17.6. The lowest BCUT2D eigenvalue weighted by atomic mass is 9.98. The summed E-state index contributed by atoms with van der Waals surface area (Å²) in [5.41, 5.74) is 0. The van der Waals surface area contributed by atoms with E-state index in [-0.39, 0.29) is 18.1 Å². The SMILES string of the molecule is CN1CCN(C(=O)[C@@H]2CC[C@@H]3[C@@H](CCN3Cc3cccs3)O2)CC1.O=C(O)C(F)(F)F.O=C(O)C(F)(F)F. The number of fused-ring (bicyclic) bond motifs is 1. The number of carboxylic acid groups (broad SMARTS) is 2. The number of aliphatic carboxylic acids is 2. The van der Waals surface area contributed by atoms with Gasteiger partial charge in [0.25, 0.3) is 5.91 Å². The molecule has 0 aromatic carbocycles. The van der Waals surface area contributed by atoms with Crippen molar-refractivity contribution < 1.29 is 55.7 Å². The normalized spacial score (nSPS) is 24.4. The molecule has 0 spiro atoms. The Hall–Kier alpha value is -2.43. The molecule has 4 rings (SSSR count). The molecule has 0 saturated carbocycles. The summed E-state index contributed by atoms with van der Waals surface area (Å²) < 4.78 is 69.7. The van der Waals surface area contributed by atoms with Gasteiger partial charge in [0.1, 0.15) is 6.10 Å². The quantitative estimate of drug-likeness (QED) is 0.528. The van der Waals surface area contributed by atoms with Gasteiger partial charge >= 0.3 is 24.3 Å². The molecular formula is C22H29F6N3O6S. The number of amides is 1. The van der Waals surface area contributed by atoms with Crippen LogP contribution in [0.3, 0.4) is 0 Å². The van der Waals surface area contributed by atoms with E-state index in [0.717, 1.165) is 58.5 Å². The third-order valence-corrected chi connectivity index (χ3v) is 7.04. The molecule has 9 nitrogen and oxygen atoms in total. The number of thiophene rings is 1. The maximum atomic E-state index is 12.8. The zero-order valence-corrected chi connectivity index (χ0v) is 21.2. The number of carbonyl (C=O) groups is 3. The summed E-state index contributed by atoms with van der Waals surface area (Å²) in [6, 6.07) is 4.82. The van der Waals surface area contributed by atoms with Crippen LogP contribution in [0.25, 0.3) is 0 Å². The number of carboxylic acids is 2. The minimum atomic E-state index is -5.08. The van der Waals surface area contributed by atoms with Gasteiger partial charge in [0.2, 0.25) is 0 Å². The number of likely N-dealkylation sites (N-methyl/N-ethyl adjacent to an activating group) is 1. The van der Waals surface area contributed by atoms with Crippen LogP contribution in [0.4, 0.5) is 26.3 Å². The van der Waals surface area contributed by atoms with Gasteiger partial charge in [0.05, 0.1) is 6.10 Å². The fourth-order valence-electron chi connectivity index (χ4n) is 4.23. The van der Waals surface area contributed by atoms with Crippen molar-refractivity contribution in [2.75, 3.05) is 39.8 Å². The minimum Gasteiger partial charge on any atom is -0.475 e. The Balaban J connectivity index is 0.000000301. The summed E-state index contributed by atoms with van der Waals surface area (Å²) in [7, 11) is 2.12. The number of rotatable bonds is 3. The van der Waals surface area contributed by atoms with Crippen molar-refractivity contribution in [1.82, 2.24) is 14.7 Å². The fourth-order valence-corrected chi connectivity index (χ4v) is 4.96. The third kappa shape index (κ3) is 9.71. The zero-order chi connectivity index (χ0) is 28.7. The minimum absolute atomic E-state index is 0.212. The van der Waals surface area contributed by atoms with Crippen LogP contribution in [-0.4, -0.2) is 113 Å². The second kappa shape index (κ2) is 13.6. The molecule has 16 heteroatoms. The number of hydrogen-bond acceptors (Lipinski definition) is 7. The molecule has 1 aromatic heterocycles. The molecular weight excluding hydrogens is 548 g/mol. The molecule has 3 fully saturated rings. The molecule has 3 aliphatic rings. The molecule has 4 heterocycles. The van der Waals surface area contributed by atoms with E-state index in [1.54, 1.807) is 0 Å². The summed E-state index contributed by atoms with van der Waals surface area (Å²) in [5, 5.41) is 16.4. The number of halogens is 6. The highest BCUT2D eigenvalue weighted by Gasteiger charge is 2.43. The van der Waals surface area contributed by atoms with Gasteiger partial charge in [-0.3, -0.25) is 9.69 Å². The molecule has 1 amide bonds. The number of ether oxygens (including phenoxy) is 1. The molecule has 3 saturated heterocycles. The monoisotopic (exact) mass is 577 g/mol. The van der Waals surface area contributed by atoms with E-state index >= 15 is 0 Å². The van der Waals surface area contributed by atoms with Gasteiger partial charge in [-0.2, -0.15) is 26.3 Å². The summed E-state index contributed by atoms with van der Waals surface area (Å²) in [6.45, 7) is 5.74. The number of likely N-dealkylation sites (tertiary alicyclic amines) is 1. The van der Waals surface area contributed by atoms with E-state index in [2.05, 4.69) is 34.4 Å². The third-order valence-electron chi connectivity index (χ3n) is 6.18. The second-order valence-electron chi connectivity index (χ2n) is 8.88. The first-order valence-corrected chi connectivity index (χ1v) is 12.5. The Bertz CT molecular complexity index is 898. The highest BCUT2D eigenvalue weighted by atomic mass is 32.1. The van der Waals surface area contributed by atoms with Crippen molar-refractivity contribution in [2.24, 2.45) is 0 Å². The van der Waals surface area contributed by atoms with E-state index in [4.69, 9.17) is 24.5 Å². The number of piperazine rings is 1. The molecule has 1 aromatic rings. The first kappa shape index (κ1) is 31.8. The lowest BCUT2D eigenvalue weighted by Crippen LogP contribution is -2.53. The van der Waals surface area contributed by atoms with Gasteiger partial charge in [-0.1, -0.05) is 6.07 Å². The Morgan fingerprint density at radius 1 is 0.947 bits per heavy atom. The van der Waals surface area contributed by atoms with Crippen LogP contribution >= 0.6 is 11.3 Å². The Morgan fingerprint density at radius 3 is 1.97 bits per heavy atom. The fraction of sp³-hybridized carbons (Fsp3) is 0.682. The molecule has 2 N–H and O–H groups in total. The summed E-state index contributed by atoms with van der Waals surface area (Å²) in [5.74, 6) is -5.29. The Labute approximate surface area is 218 Å². The molecule has 0 radical (unpaired) electrons. The second-order valence-corrected chi connectivity index (χ2v) is 9.91. The molecule has 38 heavy (non-hydrogen) atoms. The van der Waals surface area contributed by atoms with Gasteiger partial charge in [-0.05, 0) is 37.8 Å². The highest BCUT2D eigenvalue weighted by molar-refractivity contribution is 7.09. The lowest BCUT2D eigenvalue weighted by Gasteiger charge is -2.39. The molecule has 3 atom stereocenters. The predicted molar refractivity (Wildman–Crippen MR) is 122 cm³/mol. The summed E-state index contributed by atoms with van der Waals surface area (Å²) in [6.07, 6.45) is -7.13. The van der Waals surface area contributed by atoms with E-state index in [1.807, 2.05) is 16.2 Å². The average Bonchev–Trinajstić information content (AvgIpc) is 3.49. The largest absolute Gasteiger partial charge is 0.490 e. The maximum absolute atomic E-state index is 12.8. The van der Waals surface area contributed by atoms with Crippen LogP contribution in [0.2, 0.25) is 0 Å². The number of nitrogens with zero attached hydrogens (tertiary/aromatic N) is 3. The smallest absolute Gasteiger partial charge is 0.475 e. The van der Waals surface area contributed by atoms with Gasteiger partial charge in [0.15, 0.2) is 0 Å². The molecule has 3 aliphatic heterocycles. The van der Waals surface area contributed by atoms with Crippen LogP contribution < -0.4 is 0 Å². The predicted octanol–water partition coefficient (Wildman–Crippen LogP) is 2.91. The lowest BCUT2D eigenvalue weighted by molar-refractivity contribution is -0.193. The van der Waals surface area contributed by atoms with Gasteiger partial charge < -0.3 is 24.7 Å². The topological polar surface area (TPSA) is 111 Å². The molecule has 216 valence electrons. The van der Waals surface area contributed by atoms with Crippen molar-refractivity contribution in [2.45, 2.75) is 56.4 Å². The van der Waals surface area contributed by atoms with Crippen molar-refractivity contribution in [3.05, 3.63) is 22.4 Å². The summed E-state index contributed by atoms with van der Waals surface area (Å²) in [4.78, 5) is 38.8. The number of carbonyl (C=O) groups excluding carboxylic acids is 1. The Morgan fingerprint density at radius 2 is 1.50 bits per heavy atom. The van der Waals surface area contributed by atoms with Crippen LogP contribution in [0.5, 0.6) is 0 Å². The van der Waals surface area contributed by atoms with Gasteiger partial charge in [-0.25, -0.2) is 9.59 Å². The molecule has 0 aliphatic carbocycles. The Kier molecular flexibility index (Phi) is 11.4. The van der Waals surface area contributed by atoms with Crippen LogP contribution in [-0.2, 0) is 25.7 Å². The van der Waals surface area contributed by atoms with Crippen molar-refractivity contribution in [3.63, 3.8) is 0 Å². The first-order valence-electron chi connectivity index (χ1n) is 11.6. The van der Waals surface area contributed by atoms with Crippen LogP contribution in [0.1, 0.15) is 24.1 Å². The van der Waals surface area contributed by atoms with Gasteiger partial charge in [0, 0.05) is 50.2 Å². The standard InChI is InChI=1S/C18H27N3O2S.2C2HF3O2/c1-19-8-10-20(11-9-19)18(22)17-5-4-15-16(23-17)6-7-21(15)13-14-3-2-12-24-14;2*3-2(4,5)1(6)7/h2-3,12,15-17H,4-11,13H2,1H3;2*(H,6,7)/t15-,16-,17+;;/m1../s1. The average molecular weight is 578 g/mol. The van der Waals surface area contributed by atoms with E-state index in [9.17, 15) is 31.1 Å². The van der Waals surface area contributed by atoms with Crippen molar-refractivity contribution >= 4 is 29.2 Å². The number of alkyl halides is 6. The van der Waals surface area contributed by atoms with Crippen molar-refractivity contribution in [1.29, 1.82) is 0 Å². The molecule has 0 unspecified atom stereocenters. The van der Waals surface area contributed by atoms with E-state index < -0.39 is 24.3 Å². The van der Waals surface area contributed by atoms with E-state index in [1.165, 1.54) is 4.88 Å². The van der Waals surface area contributed by atoms with Crippen LogP contribution in [0.15, 0.2) is 17.5 Å². The highest BCUT2D eigenvalue weighted by Crippen LogP contribution is 2.33. The van der Waals surface area contributed by atoms with Crippen LogP contribution in [0, 0.1) is 0 Å². The number of hydrogen-bond donors (Lipinski definition) is 2. The maximum Gasteiger partial charge on any atom is 0.490 e. The van der Waals surface area contributed by atoms with Crippen molar-refractivity contribution in [3.8, 4) is 0 Å². The molecule has 0 bridgehead atoms. The van der Waals surface area contributed by atoms with E-state index in [0.29, 0.717) is 6.04 Å². The van der Waals surface area contributed by atoms with Gasteiger partial charge in [-0.15, -0.1) is 11.3 Å². The zero-order valence-electron chi connectivity index (χ0n) is 20.4.